The van der Waals surface area contributed by atoms with E-state index in [1.165, 1.54) is 25.1 Å². The second-order valence-electron chi connectivity index (χ2n) is 5.54. The zero-order valence-corrected chi connectivity index (χ0v) is 15.2. The number of hydrogen-bond donors (Lipinski definition) is 1. The molecular weight excluding hydrogens is 356 g/mol. The third-order valence-electron chi connectivity index (χ3n) is 3.92. The van der Waals surface area contributed by atoms with Crippen LogP contribution in [-0.4, -0.2) is 30.1 Å². The number of rotatable bonds is 6. The van der Waals surface area contributed by atoms with Gasteiger partial charge in [-0.05, 0) is 20.8 Å². The topological polar surface area (TPSA) is 131 Å². The minimum atomic E-state index is -1.15. The molecule has 2 N–H and O–H groups in total. The number of carbonyl (C=O) groups excluding carboxylic acids is 2. The first-order valence-electron chi connectivity index (χ1n) is 8.29. The Hall–Kier alpha value is -3.36. The first-order valence-corrected chi connectivity index (χ1v) is 8.29. The zero-order valence-electron chi connectivity index (χ0n) is 15.2. The molecule has 27 heavy (non-hydrogen) atoms. The summed E-state index contributed by atoms with van der Waals surface area (Å²) >= 11 is 0. The van der Waals surface area contributed by atoms with E-state index < -0.39 is 22.8 Å². The molecule has 0 aromatic heterocycles. The van der Waals surface area contributed by atoms with Crippen LogP contribution < -0.4 is 5.73 Å². The number of nitro benzene ring substituents is 1. The summed E-state index contributed by atoms with van der Waals surface area (Å²) in [7, 11) is 0. The molecule has 0 fully saturated rings. The average Bonchev–Trinajstić information content (AvgIpc) is 2.61. The van der Waals surface area contributed by atoms with E-state index in [0.29, 0.717) is 0 Å². The number of nitrogens with two attached hydrogens (primary N) is 1. The van der Waals surface area contributed by atoms with E-state index in [9.17, 15) is 19.7 Å². The van der Waals surface area contributed by atoms with Crippen LogP contribution in [0.2, 0.25) is 0 Å². The Kier molecular flexibility index (Phi) is 6.17. The van der Waals surface area contributed by atoms with Crippen molar-refractivity contribution in [2.45, 2.75) is 26.7 Å². The molecule has 1 aromatic rings. The minimum absolute atomic E-state index is 0.0385. The van der Waals surface area contributed by atoms with Crippen molar-refractivity contribution in [3.05, 3.63) is 62.7 Å². The van der Waals surface area contributed by atoms with Crippen LogP contribution in [0.5, 0.6) is 0 Å². The van der Waals surface area contributed by atoms with Crippen molar-refractivity contribution in [2.75, 3.05) is 13.2 Å². The highest BCUT2D eigenvalue weighted by Crippen LogP contribution is 2.43. The molecule has 1 unspecified atom stereocenters. The molecule has 1 aliphatic rings. The van der Waals surface area contributed by atoms with Gasteiger partial charge in [-0.2, -0.15) is 0 Å². The zero-order chi connectivity index (χ0) is 20.1. The maximum absolute atomic E-state index is 12.6. The molecule has 0 radical (unpaired) electrons. The number of nitrogens with zero attached hydrogens (tertiary/aromatic N) is 1. The van der Waals surface area contributed by atoms with Crippen molar-refractivity contribution in [1.82, 2.24) is 0 Å². The van der Waals surface area contributed by atoms with E-state index in [0.717, 1.165) is 0 Å². The lowest BCUT2D eigenvalue weighted by molar-refractivity contribution is -0.385. The van der Waals surface area contributed by atoms with E-state index in [1.54, 1.807) is 19.9 Å². The van der Waals surface area contributed by atoms with Gasteiger partial charge in [-0.3, -0.25) is 10.1 Å². The Bertz CT molecular complexity index is 802. The van der Waals surface area contributed by atoms with Crippen molar-refractivity contribution < 1.29 is 28.7 Å². The highest BCUT2D eigenvalue weighted by molar-refractivity contribution is 5.99. The van der Waals surface area contributed by atoms with Crippen molar-refractivity contribution in [1.29, 1.82) is 0 Å². The Morgan fingerprint density at radius 1 is 1.15 bits per heavy atom. The van der Waals surface area contributed by atoms with E-state index >= 15 is 0 Å². The maximum Gasteiger partial charge on any atom is 0.340 e. The summed E-state index contributed by atoms with van der Waals surface area (Å²) in [6, 6.07) is 5.78. The van der Waals surface area contributed by atoms with Crippen LogP contribution in [0, 0.1) is 10.1 Å². The number of para-hydroxylation sites is 1. The van der Waals surface area contributed by atoms with Crippen LogP contribution in [0.4, 0.5) is 5.69 Å². The molecule has 1 aliphatic heterocycles. The van der Waals surface area contributed by atoms with Gasteiger partial charge in [0.25, 0.3) is 5.69 Å². The molecule has 144 valence electrons. The highest BCUT2D eigenvalue weighted by Gasteiger charge is 2.42. The summed E-state index contributed by atoms with van der Waals surface area (Å²) in [5, 5.41) is 11.5. The molecule has 0 saturated carbocycles. The SMILES string of the molecule is CCOC(=O)C1=C(C)OC(N)=C(C(=O)OCC)C1c1ccccc1[N+](=O)[O-]. The van der Waals surface area contributed by atoms with Gasteiger partial charge in [0.1, 0.15) is 11.3 Å². The van der Waals surface area contributed by atoms with Gasteiger partial charge in [0.05, 0.1) is 29.6 Å². The van der Waals surface area contributed by atoms with E-state index in [4.69, 9.17) is 19.9 Å². The normalized spacial score (nSPS) is 16.6. The number of esters is 2. The Balaban J connectivity index is 2.75. The molecule has 1 aromatic carbocycles. The van der Waals surface area contributed by atoms with E-state index in [1.807, 2.05) is 0 Å². The number of carbonyl (C=O) groups is 2. The Morgan fingerprint density at radius 3 is 2.26 bits per heavy atom. The minimum Gasteiger partial charge on any atom is -0.463 e. The first kappa shape index (κ1) is 20.0. The third kappa shape index (κ3) is 3.91. The summed E-state index contributed by atoms with van der Waals surface area (Å²) in [5.41, 5.74) is 5.51. The summed E-state index contributed by atoms with van der Waals surface area (Å²) in [6.45, 7) is 4.83. The maximum atomic E-state index is 12.6. The van der Waals surface area contributed by atoms with Gasteiger partial charge in [-0.15, -0.1) is 0 Å². The van der Waals surface area contributed by atoms with Gasteiger partial charge in [0.15, 0.2) is 0 Å². The molecule has 0 aliphatic carbocycles. The fourth-order valence-corrected chi connectivity index (χ4v) is 2.87. The van der Waals surface area contributed by atoms with E-state index in [-0.39, 0.29) is 47.3 Å². The van der Waals surface area contributed by atoms with Gasteiger partial charge in [0.2, 0.25) is 5.88 Å². The molecule has 0 amide bonds. The quantitative estimate of drug-likeness (QED) is 0.454. The predicted octanol–water partition coefficient (Wildman–Crippen LogP) is 2.28. The largest absolute Gasteiger partial charge is 0.463 e. The molecule has 9 heteroatoms. The second-order valence-corrected chi connectivity index (χ2v) is 5.54. The summed E-state index contributed by atoms with van der Waals surface area (Å²) in [4.78, 5) is 36.0. The van der Waals surface area contributed by atoms with Crippen LogP contribution in [0.25, 0.3) is 0 Å². The second kappa shape index (κ2) is 8.35. The van der Waals surface area contributed by atoms with Crippen molar-refractivity contribution in [3.63, 3.8) is 0 Å². The molecule has 9 nitrogen and oxygen atoms in total. The highest BCUT2D eigenvalue weighted by atomic mass is 16.6. The number of allylic oxidation sites excluding steroid dienone is 1. The molecule has 1 heterocycles. The van der Waals surface area contributed by atoms with E-state index in [2.05, 4.69) is 0 Å². The van der Waals surface area contributed by atoms with Crippen LogP contribution in [-0.2, 0) is 23.8 Å². The molecule has 0 spiro atoms. The Morgan fingerprint density at radius 2 is 1.70 bits per heavy atom. The van der Waals surface area contributed by atoms with Crippen molar-refractivity contribution >= 4 is 17.6 Å². The molecule has 0 bridgehead atoms. The lowest BCUT2D eigenvalue weighted by Crippen LogP contribution is -2.30. The first-order chi connectivity index (χ1) is 12.8. The fraction of sp³-hybridized carbons (Fsp3) is 0.333. The molecule has 0 saturated heterocycles. The fourth-order valence-electron chi connectivity index (χ4n) is 2.87. The van der Waals surface area contributed by atoms with Crippen LogP contribution in [0.15, 0.2) is 47.1 Å². The monoisotopic (exact) mass is 376 g/mol. The number of ether oxygens (including phenoxy) is 3. The van der Waals surface area contributed by atoms with Gasteiger partial charge < -0.3 is 19.9 Å². The van der Waals surface area contributed by atoms with Gasteiger partial charge >= 0.3 is 11.9 Å². The smallest absolute Gasteiger partial charge is 0.340 e. The molecule has 1 atom stereocenters. The summed E-state index contributed by atoms with van der Waals surface area (Å²) in [6.07, 6.45) is 0. The lowest BCUT2D eigenvalue weighted by Gasteiger charge is -2.28. The average molecular weight is 376 g/mol. The Labute approximate surface area is 155 Å². The standard InChI is InChI=1S/C18H20N2O7/c1-4-25-17(21)13-10(3)27-16(19)15(18(22)26-5-2)14(13)11-8-6-7-9-12(11)20(23)24/h6-9,14H,4-5,19H2,1-3H3. The van der Waals surface area contributed by atoms with Gasteiger partial charge in [0, 0.05) is 11.6 Å². The van der Waals surface area contributed by atoms with Gasteiger partial charge in [-0.1, -0.05) is 18.2 Å². The third-order valence-corrected chi connectivity index (χ3v) is 3.92. The lowest BCUT2D eigenvalue weighted by atomic mass is 9.81. The van der Waals surface area contributed by atoms with Crippen LogP contribution in [0.3, 0.4) is 0 Å². The summed E-state index contributed by atoms with van der Waals surface area (Å²) in [5.74, 6) is -2.91. The molecule has 2 rings (SSSR count). The predicted molar refractivity (Wildman–Crippen MR) is 94.1 cm³/mol. The summed E-state index contributed by atoms with van der Waals surface area (Å²) < 4.78 is 15.5. The molecular formula is C18H20N2O7. The number of benzene rings is 1. The number of nitro groups is 1. The van der Waals surface area contributed by atoms with Crippen LogP contribution in [0.1, 0.15) is 32.3 Å². The van der Waals surface area contributed by atoms with Crippen molar-refractivity contribution in [3.8, 4) is 0 Å². The van der Waals surface area contributed by atoms with Gasteiger partial charge in [-0.25, -0.2) is 9.59 Å². The van der Waals surface area contributed by atoms with Crippen LogP contribution >= 0.6 is 0 Å². The number of hydrogen-bond acceptors (Lipinski definition) is 8. The van der Waals surface area contributed by atoms with Crippen molar-refractivity contribution in [2.24, 2.45) is 5.73 Å².